The van der Waals surface area contributed by atoms with E-state index in [1.54, 1.807) is 0 Å². The molecular weight excluding hydrogens is 444 g/mol. The Hall–Kier alpha value is -1.45. The van der Waals surface area contributed by atoms with Gasteiger partial charge in [-0.15, -0.1) is 0 Å². The Balaban J connectivity index is 0.993. The van der Waals surface area contributed by atoms with Crippen LogP contribution >= 0.6 is 12.2 Å². The molecule has 6 rings (SSSR count). The zero-order chi connectivity index (χ0) is 23.2. The molecule has 0 radical (unpaired) electrons. The van der Waals surface area contributed by atoms with Crippen molar-refractivity contribution in [2.24, 2.45) is 11.8 Å². The second-order valence-corrected chi connectivity index (χ2v) is 10.8. The first-order chi connectivity index (χ1) is 16.7. The van der Waals surface area contributed by atoms with E-state index in [0.717, 1.165) is 76.0 Å². The first kappa shape index (κ1) is 24.3. The number of hydrogen-bond donors (Lipinski definition) is 2. The zero-order valence-electron chi connectivity index (χ0n) is 20.5. The molecule has 2 bridgehead atoms. The van der Waals surface area contributed by atoms with Crippen molar-refractivity contribution in [3.8, 4) is 0 Å². The molecule has 0 aromatic heterocycles. The number of rotatable bonds is 8. The molecular formula is C26H42N6OS. The van der Waals surface area contributed by atoms with Crippen LogP contribution in [0.2, 0.25) is 0 Å². The summed E-state index contributed by atoms with van der Waals surface area (Å²) in [4.78, 5) is 10.4. The van der Waals surface area contributed by atoms with Crippen molar-refractivity contribution in [3.63, 3.8) is 0 Å². The number of nitrogens with zero attached hydrogens (tertiary/aromatic N) is 4. The highest BCUT2D eigenvalue weighted by atomic mass is 32.1. The number of morpholine rings is 1. The Kier molecular flexibility index (Phi) is 8.56. The van der Waals surface area contributed by atoms with E-state index in [1.165, 1.54) is 51.3 Å². The molecule has 8 heteroatoms. The van der Waals surface area contributed by atoms with Crippen LogP contribution in [0.5, 0.6) is 0 Å². The lowest BCUT2D eigenvalue weighted by atomic mass is 9.75. The summed E-state index contributed by atoms with van der Waals surface area (Å²) < 4.78 is 5.42. The summed E-state index contributed by atoms with van der Waals surface area (Å²) in [5.41, 5.74) is 1.37. The highest BCUT2D eigenvalue weighted by Gasteiger charge is 2.40. The quantitative estimate of drug-likeness (QED) is 0.534. The maximum Gasteiger partial charge on any atom is 0.166 e. The molecule has 188 valence electrons. The van der Waals surface area contributed by atoms with Gasteiger partial charge in [0, 0.05) is 83.7 Å². The van der Waals surface area contributed by atoms with Crippen LogP contribution in [-0.4, -0.2) is 118 Å². The van der Waals surface area contributed by atoms with E-state index >= 15 is 0 Å². The predicted octanol–water partition coefficient (Wildman–Crippen LogP) is 1.32. The van der Waals surface area contributed by atoms with Gasteiger partial charge >= 0.3 is 0 Å². The Morgan fingerprint density at radius 2 is 1.74 bits per heavy atom. The van der Waals surface area contributed by atoms with Gasteiger partial charge in [-0.2, -0.15) is 0 Å². The second kappa shape index (κ2) is 12.0. The summed E-state index contributed by atoms with van der Waals surface area (Å²) in [6.07, 6.45) is 2.69. The maximum absolute atomic E-state index is 5.56. The lowest BCUT2D eigenvalue weighted by molar-refractivity contribution is -0.0110. The van der Waals surface area contributed by atoms with E-state index in [9.17, 15) is 0 Å². The molecule has 4 unspecified atom stereocenters. The molecule has 5 saturated heterocycles. The fraction of sp³-hybridized carbons (Fsp3) is 0.731. The van der Waals surface area contributed by atoms with Gasteiger partial charge in [-0.05, 0) is 55.6 Å². The van der Waals surface area contributed by atoms with Gasteiger partial charge in [-0.25, -0.2) is 0 Å². The van der Waals surface area contributed by atoms with Crippen molar-refractivity contribution in [1.82, 2.24) is 25.3 Å². The van der Waals surface area contributed by atoms with Crippen molar-refractivity contribution < 1.29 is 4.74 Å². The molecule has 5 fully saturated rings. The molecule has 5 heterocycles. The molecule has 1 aromatic carbocycles. The maximum atomic E-state index is 5.56. The van der Waals surface area contributed by atoms with Crippen LogP contribution in [0.3, 0.4) is 0 Å². The second-order valence-electron chi connectivity index (χ2n) is 10.4. The number of benzene rings is 1. The number of piperazine rings is 1. The third-order valence-corrected chi connectivity index (χ3v) is 8.60. The fourth-order valence-electron chi connectivity index (χ4n) is 6.25. The molecule has 0 spiro atoms. The molecule has 0 saturated carbocycles. The Morgan fingerprint density at radius 1 is 0.941 bits per heavy atom. The minimum Gasteiger partial charge on any atom is -0.379 e. The summed E-state index contributed by atoms with van der Waals surface area (Å²) >= 11 is 5.56. The minimum absolute atomic E-state index is 0.629. The molecule has 34 heavy (non-hydrogen) atoms. The van der Waals surface area contributed by atoms with Gasteiger partial charge in [0.2, 0.25) is 0 Å². The Morgan fingerprint density at radius 3 is 2.47 bits per heavy atom. The van der Waals surface area contributed by atoms with E-state index in [4.69, 9.17) is 17.0 Å². The van der Waals surface area contributed by atoms with E-state index in [1.807, 2.05) is 0 Å². The lowest BCUT2D eigenvalue weighted by Gasteiger charge is -2.51. The molecule has 2 N–H and O–H groups in total. The van der Waals surface area contributed by atoms with Gasteiger partial charge in [0.1, 0.15) is 0 Å². The summed E-state index contributed by atoms with van der Waals surface area (Å²) in [5.74, 6) is 1.69. The highest BCUT2D eigenvalue weighted by Crippen LogP contribution is 2.36. The van der Waals surface area contributed by atoms with Crippen molar-refractivity contribution in [1.29, 1.82) is 0 Å². The molecule has 0 amide bonds. The van der Waals surface area contributed by atoms with Gasteiger partial charge in [0.25, 0.3) is 0 Å². The number of hydrogen-bond acceptors (Lipinski definition) is 6. The average molecular weight is 487 g/mol. The fourth-order valence-corrected chi connectivity index (χ4v) is 6.44. The summed E-state index contributed by atoms with van der Waals surface area (Å²) in [7, 11) is 0. The number of thiocarbonyl (C=S) groups is 1. The predicted molar refractivity (Wildman–Crippen MR) is 143 cm³/mol. The zero-order valence-corrected chi connectivity index (χ0v) is 21.4. The third kappa shape index (κ3) is 6.40. The number of nitrogens with one attached hydrogen (secondary N) is 2. The van der Waals surface area contributed by atoms with Crippen molar-refractivity contribution in [2.45, 2.75) is 18.9 Å². The van der Waals surface area contributed by atoms with Gasteiger partial charge in [0.15, 0.2) is 5.11 Å². The molecule has 0 aliphatic carbocycles. The van der Waals surface area contributed by atoms with Crippen LogP contribution in [0.15, 0.2) is 30.3 Å². The normalized spacial score (nSPS) is 30.3. The first-order valence-corrected chi connectivity index (χ1v) is 13.7. The summed E-state index contributed by atoms with van der Waals surface area (Å²) in [6.45, 7) is 15.1. The van der Waals surface area contributed by atoms with Crippen LogP contribution in [0.25, 0.3) is 0 Å². The number of para-hydroxylation sites is 1. The molecule has 5 aliphatic rings. The third-order valence-electron chi connectivity index (χ3n) is 8.32. The number of anilines is 1. The largest absolute Gasteiger partial charge is 0.379 e. The van der Waals surface area contributed by atoms with Crippen LogP contribution in [-0.2, 0) is 4.74 Å². The molecule has 5 aliphatic heterocycles. The topological polar surface area (TPSA) is 46.3 Å². The van der Waals surface area contributed by atoms with E-state index < -0.39 is 0 Å². The van der Waals surface area contributed by atoms with Gasteiger partial charge < -0.3 is 20.3 Å². The highest BCUT2D eigenvalue weighted by molar-refractivity contribution is 7.80. The molecule has 4 atom stereocenters. The van der Waals surface area contributed by atoms with E-state index in [0.29, 0.717) is 6.04 Å². The lowest BCUT2D eigenvalue weighted by Crippen LogP contribution is -2.59. The van der Waals surface area contributed by atoms with Crippen LogP contribution in [0.4, 0.5) is 5.69 Å². The van der Waals surface area contributed by atoms with Crippen LogP contribution in [0.1, 0.15) is 12.8 Å². The summed E-state index contributed by atoms with van der Waals surface area (Å²) in [5, 5.41) is 7.72. The number of fused-ring (bicyclic) bond motifs is 3. The molecule has 1 aromatic rings. The SMILES string of the molecule is S=C(NCCN1CCOCC1)NCC1CC2CCN1CC2CN1CCN(c2ccccc2)CC1. The van der Waals surface area contributed by atoms with Crippen molar-refractivity contribution >= 4 is 23.0 Å². The van der Waals surface area contributed by atoms with E-state index in [-0.39, 0.29) is 0 Å². The minimum atomic E-state index is 0.629. The van der Waals surface area contributed by atoms with Crippen molar-refractivity contribution in [2.75, 3.05) is 96.7 Å². The van der Waals surface area contributed by atoms with Crippen molar-refractivity contribution in [3.05, 3.63) is 30.3 Å². The average Bonchev–Trinajstić information content (AvgIpc) is 2.90. The van der Waals surface area contributed by atoms with Gasteiger partial charge in [-0.1, -0.05) is 18.2 Å². The standard InChI is InChI=1S/C26H42N6OS/c34-26(27-7-9-29-14-16-33-17-15-29)28-19-25-18-22-6-8-32(25)21-23(22)20-30-10-12-31(13-11-30)24-4-2-1-3-5-24/h1-5,22-23,25H,6-21H2,(H2,27,28,34). The first-order valence-electron chi connectivity index (χ1n) is 13.3. The van der Waals surface area contributed by atoms with Gasteiger partial charge in [-0.3, -0.25) is 14.7 Å². The van der Waals surface area contributed by atoms with Crippen LogP contribution in [0, 0.1) is 11.8 Å². The van der Waals surface area contributed by atoms with Crippen LogP contribution < -0.4 is 15.5 Å². The monoisotopic (exact) mass is 486 g/mol. The Bertz CT molecular complexity index is 768. The molecule has 7 nitrogen and oxygen atoms in total. The number of ether oxygens (including phenoxy) is 1. The van der Waals surface area contributed by atoms with E-state index in [2.05, 4.69) is 60.6 Å². The van der Waals surface area contributed by atoms with Gasteiger partial charge in [0.05, 0.1) is 13.2 Å². The Labute approximate surface area is 210 Å². The smallest absolute Gasteiger partial charge is 0.166 e. The number of piperidine rings is 3. The summed E-state index contributed by atoms with van der Waals surface area (Å²) in [6, 6.07) is 11.5.